The zero-order chi connectivity index (χ0) is 14.5. The lowest BCUT2D eigenvalue weighted by Crippen LogP contribution is -2.45. The number of hydrogen-bond acceptors (Lipinski definition) is 3. The molecule has 0 radical (unpaired) electrons. The molecule has 3 nitrogen and oxygen atoms in total. The van der Waals surface area contributed by atoms with E-state index < -0.39 is 0 Å². The first-order chi connectivity index (χ1) is 8.94. The van der Waals surface area contributed by atoms with Crippen molar-refractivity contribution in [3.63, 3.8) is 0 Å². The van der Waals surface area contributed by atoms with Gasteiger partial charge in [-0.25, -0.2) is 0 Å². The van der Waals surface area contributed by atoms with Gasteiger partial charge in [-0.15, -0.1) is 0 Å². The molecular formula is C16H27NO2. The minimum atomic E-state index is -0.185. The van der Waals surface area contributed by atoms with E-state index in [1.807, 2.05) is 27.0 Å². The van der Waals surface area contributed by atoms with E-state index in [9.17, 15) is 5.11 Å². The third kappa shape index (κ3) is 4.22. The standard InChI is InChI=1S/C16H27NO2/c1-6-13-7-8-15(19-5)14(11-13)9-10-17(4)16(2,3)12-18/h7-8,11,18H,6,9-10,12H2,1-5H3. The maximum absolute atomic E-state index is 9.38. The minimum Gasteiger partial charge on any atom is -0.496 e. The molecule has 0 bridgehead atoms. The van der Waals surface area contributed by atoms with Crippen molar-refractivity contribution < 1.29 is 9.84 Å². The zero-order valence-corrected chi connectivity index (χ0v) is 12.9. The monoisotopic (exact) mass is 265 g/mol. The minimum absolute atomic E-state index is 0.162. The van der Waals surface area contributed by atoms with E-state index in [0.717, 1.165) is 25.1 Å². The highest BCUT2D eigenvalue weighted by Crippen LogP contribution is 2.22. The van der Waals surface area contributed by atoms with Gasteiger partial charge in [0.1, 0.15) is 5.75 Å². The highest BCUT2D eigenvalue weighted by molar-refractivity contribution is 5.37. The Hall–Kier alpha value is -1.06. The summed E-state index contributed by atoms with van der Waals surface area (Å²) in [5.41, 5.74) is 2.39. The molecule has 0 saturated carbocycles. The molecule has 0 aliphatic rings. The first kappa shape index (κ1) is 16.0. The lowest BCUT2D eigenvalue weighted by atomic mass is 10.0. The smallest absolute Gasteiger partial charge is 0.122 e. The van der Waals surface area contributed by atoms with Crippen LogP contribution in [0.2, 0.25) is 0 Å². The highest BCUT2D eigenvalue weighted by Gasteiger charge is 2.22. The van der Waals surface area contributed by atoms with E-state index in [1.165, 1.54) is 11.1 Å². The summed E-state index contributed by atoms with van der Waals surface area (Å²) in [5, 5.41) is 9.38. The summed E-state index contributed by atoms with van der Waals surface area (Å²) in [7, 11) is 3.76. The van der Waals surface area contributed by atoms with Gasteiger partial charge in [0, 0.05) is 12.1 Å². The summed E-state index contributed by atoms with van der Waals surface area (Å²) in [6.45, 7) is 7.32. The van der Waals surface area contributed by atoms with Gasteiger partial charge in [0.15, 0.2) is 0 Å². The molecule has 0 aliphatic carbocycles. The van der Waals surface area contributed by atoms with Crippen molar-refractivity contribution in [3.8, 4) is 5.75 Å². The van der Waals surface area contributed by atoms with Crippen molar-refractivity contribution in [1.82, 2.24) is 4.90 Å². The van der Waals surface area contributed by atoms with Crippen LogP contribution in [-0.4, -0.2) is 42.9 Å². The van der Waals surface area contributed by atoms with E-state index in [2.05, 4.69) is 24.0 Å². The van der Waals surface area contributed by atoms with E-state index in [-0.39, 0.29) is 12.1 Å². The Labute approximate surface area is 117 Å². The first-order valence-corrected chi connectivity index (χ1v) is 6.92. The van der Waals surface area contributed by atoms with Gasteiger partial charge < -0.3 is 9.84 Å². The fourth-order valence-corrected chi connectivity index (χ4v) is 1.96. The van der Waals surface area contributed by atoms with Crippen LogP contribution in [0, 0.1) is 0 Å². The summed E-state index contributed by atoms with van der Waals surface area (Å²) in [4.78, 5) is 2.19. The van der Waals surface area contributed by atoms with Gasteiger partial charge >= 0.3 is 0 Å². The Morgan fingerprint density at radius 3 is 2.53 bits per heavy atom. The highest BCUT2D eigenvalue weighted by atomic mass is 16.5. The molecule has 3 heteroatoms. The molecule has 19 heavy (non-hydrogen) atoms. The first-order valence-electron chi connectivity index (χ1n) is 6.92. The summed E-state index contributed by atoms with van der Waals surface area (Å²) >= 11 is 0. The van der Waals surface area contributed by atoms with Crippen molar-refractivity contribution in [2.75, 3.05) is 27.3 Å². The summed E-state index contributed by atoms with van der Waals surface area (Å²) in [6, 6.07) is 6.38. The second-order valence-corrected chi connectivity index (χ2v) is 5.64. The number of hydrogen-bond donors (Lipinski definition) is 1. The Morgan fingerprint density at radius 2 is 2.00 bits per heavy atom. The summed E-state index contributed by atoms with van der Waals surface area (Å²) in [5.74, 6) is 0.951. The molecule has 0 unspecified atom stereocenters. The van der Waals surface area contributed by atoms with Gasteiger partial charge in [-0.3, -0.25) is 4.90 Å². The molecule has 0 aliphatic heterocycles. The molecule has 0 atom stereocenters. The predicted octanol–water partition coefficient (Wildman–Crippen LogP) is 2.50. The Balaban J connectivity index is 2.76. The molecule has 0 heterocycles. The van der Waals surface area contributed by atoms with E-state index in [1.54, 1.807) is 7.11 Å². The zero-order valence-electron chi connectivity index (χ0n) is 12.9. The third-order valence-corrected chi connectivity index (χ3v) is 3.89. The Bertz CT molecular complexity index is 402. The van der Waals surface area contributed by atoms with Gasteiger partial charge in [-0.05, 0) is 50.9 Å². The predicted molar refractivity (Wildman–Crippen MR) is 79.9 cm³/mol. The molecule has 1 aromatic carbocycles. The van der Waals surface area contributed by atoms with Crippen LogP contribution >= 0.6 is 0 Å². The number of nitrogens with zero attached hydrogens (tertiary/aromatic N) is 1. The Morgan fingerprint density at radius 1 is 1.32 bits per heavy atom. The molecule has 0 aromatic heterocycles. The number of methoxy groups -OCH3 is 1. The maximum atomic E-state index is 9.38. The number of benzene rings is 1. The van der Waals surface area contributed by atoms with Crippen LogP contribution in [0.15, 0.2) is 18.2 Å². The van der Waals surface area contributed by atoms with Crippen LogP contribution in [0.3, 0.4) is 0 Å². The molecule has 1 N–H and O–H groups in total. The third-order valence-electron chi connectivity index (χ3n) is 3.89. The molecule has 108 valence electrons. The Kier molecular flexibility index (Phi) is 5.83. The van der Waals surface area contributed by atoms with Gasteiger partial charge in [0.25, 0.3) is 0 Å². The van der Waals surface area contributed by atoms with Crippen molar-refractivity contribution in [2.24, 2.45) is 0 Å². The second-order valence-electron chi connectivity index (χ2n) is 5.64. The molecule has 1 aromatic rings. The topological polar surface area (TPSA) is 32.7 Å². The lowest BCUT2D eigenvalue weighted by molar-refractivity contribution is 0.0799. The van der Waals surface area contributed by atoms with Crippen LogP contribution < -0.4 is 4.74 Å². The van der Waals surface area contributed by atoms with Gasteiger partial charge in [0.05, 0.1) is 13.7 Å². The van der Waals surface area contributed by atoms with Crippen molar-refractivity contribution in [2.45, 2.75) is 39.2 Å². The number of aliphatic hydroxyl groups is 1. The van der Waals surface area contributed by atoms with E-state index in [4.69, 9.17) is 4.74 Å². The van der Waals surface area contributed by atoms with Crippen LogP contribution in [0.1, 0.15) is 31.9 Å². The van der Waals surface area contributed by atoms with Crippen molar-refractivity contribution in [1.29, 1.82) is 0 Å². The largest absolute Gasteiger partial charge is 0.496 e. The van der Waals surface area contributed by atoms with Crippen LogP contribution in [0.4, 0.5) is 0 Å². The van der Waals surface area contributed by atoms with E-state index in [0.29, 0.717) is 0 Å². The average molecular weight is 265 g/mol. The number of rotatable bonds is 7. The van der Waals surface area contributed by atoms with Crippen LogP contribution in [-0.2, 0) is 12.8 Å². The summed E-state index contributed by atoms with van der Waals surface area (Å²) in [6.07, 6.45) is 1.96. The quantitative estimate of drug-likeness (QED) is 0.822. The molecule has 1 rings (SSSR count). The molecule has 0 saturated heterocycles. The number of aliphatic hydroxyl groups excluding tert-OH is 1. The number of likely N-dealkylation sites (N-methyl/N-ethyl adjacent to an activating group) is 1. The lowest BCUT2D eigenvalue weighted by Gasteiger charge is -2.34. The number of ether oxygens (including phenoxy) is 1. The van der Waals surface area contributed by atoms with Gasteiger partial charge in [0.2, 0.25) is 0 Å². The fraction of sp³-hybridized carbons (Fsp3) is 0.625. The van der Waals surface area contributed by atoms with E-state index >= 15 is 0 Å². The van der Waals surface area contributed by atoms with Gasteiger partial charge in [-0.1, -0.05) is 19.1 Å². The second kappa shape index (κ2) is 6.92. The maximum Gasteiger partial charge on any atom is 0.122 e. The fourth-order valence-electron chi connectivity index (χ4n) is 1.96. The average Bonchev–Trinajstić information content (AvgIpc) is 2.44. The number of aryl methyl sites for hydroxylation is 1. The molecule has 0 spiro atoms. The molecule has 0 fully saturated rings. The normalized spacial score (nSPS) is 11.9. The summed E-state index contributed by atoms with van der Waals surface area (Å²) < 4.78 is 5.42. The van der Waals surface area contributed by atoms with Crippen LogP contribution in [0.5, 0.6) is 5.75 Å². The SMILES string of the molecule is CCc1ccc(OC)c(CCN(C)C(C)(C)CO)c1. The van der Waals surface area contributed by atoms with Crippen LogP contribution in [0.25, 0.3) is 0 Å². The van der Waals surface area contributed by atoms with Crippen molar-refractivity contribution >= 4 is 0 Å². The van der Waals surface area contributed by atoms with Gasteiger partial charge in [-0.2, -0.15) is 0 Å². The van der Waals surface area contributed by atoms with Crippen molar-refractivity contribution in [3.05, 3.63) is 29.3 Å². The molecule has 0 amide bonds. The molecular weight excluding hydrogens is 238 g/mol.